The van der Waals surface area contributed by atoms with Crippen LogP contribution in [-0.2, 0) is 0 Å². The second-order valence-electron chi connectivity index (χ2n) is 4.79. The fourth-order valence-corrected chi connectivity index (χ4v) is 2.24. The Morgan fingerprint density at radius 2 is 2.05 bits per heavy atom. The van der Waals surface area contributed by atoms with Gasteiger partial charge in [-0.1, -0.05) is 0 Å². The predicted molar refractivity (Wildman–Crippen MR) is 73.5 cm³/mol. The molecule has 0 aromatic carbocycles. The van der Waals surface area contributed by atoms with Crippen LogP contribution in [0.4, 0.5) is 5.82 Å². The maximum atomic E-state index is 9.39. The number of β-amino-alcohol motifs (C(OH)–C–C–N with tert-alkyl or cyclic N) is 1. The highest BCUT2D eigenvalue weighted by atomic mass is 16.5. The van der Waals surface area contributed by atoms with Crippen molar-refractivity contribution in [2.24, 2.45) is 0 Å². The summed E-state index contributed by atoms with van der Waals surface area (Å²) in [5, 5.41) is 9.39. The zero-order valence-corrected chi connectivity index (χ0v) is 11.6. The number of hydrogen-bond acceptors (Lipinski definition) is 6. The van der Waals surface area contributed by atoms with Crippen molar-refractivity contribution in [1.82, 2.24) is 14.9 Å². The lowest BCUT2D eigenvalue weighted by Crippen LogP contribution is -2.48. The van der Waals surface area contributed by atoms with Crippen LogP contribution in [0.25, 0.3) is 0 Å². The highest BCUT2D eigenvalue weighted by Gasteiger charge is 2.19. The monoisotopic (exact) mass is 266 g/mol. The number of hydrogen-bond donors (Lipinski definition) is 1. The van der Waals surface area contributed by atoms with E-state index in [4.69, 9.17) is 4.74 Å². The summed E-state index contributed by atoms with van der Waals surface area (Å²) in [6.45, 7) is 8.76. The smallest absolute Gasteiger partial charge is 0.234 e. The Morgan fingerprint density at radius 1 is 1.32 bits per heavy atom. The third-order valence-corrected chi connectivity index (χ3v) is 3.11. The highest BCUT2D eigenvalue weighted by Crippen LogP contribution is 2.16. The highest BCUT2D eigenvalue weighted by molar-refractivity contribution is 5.38. The molecular formula is C13H22N4O2. The molecule has 0 aliphatic carbocycles. The predicted octanol–water partition coefficient (Wildman–Crippen LogP) is 0.378. The van der Waals surface area contributed by atoms with Gasteiger partial charge in [-0.25, -0.2) is 0 Å². The third kappa shape index (κ3) is 4.04. The van der Waals surface area contributed by atoms with Crippen molar-refractivity contribution < 1.29 is 9.84 Å². The topological polar surface area (TPSA) is 61.7 Å². The van der Waals surface area contributed by atoms with E-state index in [0.29, 0.717) is 12.5 Å². The number of anilines is 1. The molecule has 1 saturated heterocycles. The molecule has 1 aliphatic rings. The fourth-order valence-electron chi connectivity index (χ4n) is 2.24. The molecule has 1 atom stereocenters. The Hall–Kier alpha value is -1.40. The molecule has 1 aromatic heterocycles. The Kier molecular flexibility index (Phi) is 4.93. The standard InChI is InChI=1S/C13H22N4O2/c1-3-19-13-9-14-8-12(15-13)17-6-4-16(5-7-17)10-11(2)18/h8-9,11,18H,3-7,10H2,1-2H3/t11-/m1/s1. The molecule has 6 nitrogen and oxygen atoms in total. The largest absolute Gasteiger partial charge is 0.477 e. The molecule has 1 fully saturated rings. The number of rotatable bonds is 5. The summed E-state index contributed by atoms with van der Waals surface area (Å²) in [4.78, 5) is 13.1. The van der Waals surface area contributed by atoms with E-state index in [1.807, 2.05) is 13.8 Å². The first-order valence-electron chi connectivity index (χ1n) is 6.79. The molecule has 19 heavy (non-hydrogen) atoms. The van der Waals surface area contributed by atoms with Crippen LogP contribution in [0.3, 0.4) is 0 Å². The number of aliphatic hydroxyl groups is 1. The van der Waals surface area contributed by atoms with Gasteiger partial charge in [0.1, 0.15) is 0 Å². The summed E-state index contributed by atoms with van der Waals surface area (Å²) in [6.07, 6.45) is 3.14. The zero-order valence-electron chi connectivity index (χ0n) is 11.6. The van der Waals surface area contributed by atoms with Crippen LogP contribution in [0.15, 0.2) is 12.4 Å². The number of aliphatic hydroxyl groups excluding tert-OH is 1. The van der Waals surface area contributed by atoms with Crippen LogP contribution < -0.4 is 9.64 Å². The molecular weight excluding hydrogens is 244 g/mol. The van der Waals surface area contributed by atoms with Gasteiger partial charge >= 0.3 is 0 Å². The summed E-state index contributed by atoms with van der Waals surface area (Å²) in [5.74, 6) is 1.44. The van der Waals surface area contributed by atoms with Gasteiger partial charge in [-0.15, -0.1) is 0 Å². The first kappa shape index (κ1) is 14.0. The third-order valence-electron chi connectivity index (χ3n) is 3.11. The molecule has 2 heterocycles. The van der Waals surface area contributed by atoms with Gasteiger partial charge in [-0.05, 0) is 13.8 Å². The summed E-state index contributed by atoms with van der Waals surface area (Å²) in [6, 6.07) is 0. The van der Waals surface area contributed by atoms with E-state index in [1.54, 1.807) is 12.4 Å². The van der Waals surface area contributed by atoms with E-state index in [-0.39, 0.29) is 6.10 Å². The molecule has 0 spiro atoms. The Balaban J connectivity index is 1.92. The van der Waals surface area contributed by atoms with Gasteiger partial charge in [0.2, 0.25) is 5.88 Å². The van der Waals surface area contributed by atoms with E-state index in [9.17, 15) is 5.11 Å². The SMILES string of the molecule is CCOc1cncc(N2CCN(C[C@@H](C)O)CC2)n1. The number of aromatic nitrogens is 2. The van der Waals surface area contributed by atoms with Crippen LogP contribution in [0, 0.1) is 0 Å². The van der Waals surface area contributed by atoms with Crippen LogP contribution >= 0.6 is 0 Å². The average Bonchev–Trinajstić information content (AvgIpc) is 2.40. The van der Waals surface area contributed by atoms with E-state index in [2.05, 4.69) is 19.8 Å². The molecule has 0 amide bonds. The second-order valence-corrected chi connectivity index (χ2v) is 4.79. The minimum atomic E-state index is -0.271. The summed E-state index contributed by atoms with van der Waals surface area (Å²) in [5.41, 5.74) is 0. The Morgan fingerprint density at radius 3 is 2.68 bits per heavy atom. The maximum Gasteiger partial charge on any atom is 0.234 e. The van der Waals surface area contributed by atoms with Gasteiger partial charge in [-0.2, -0.15) is 4.98 Å². The molecule has 1 aliphatic heterocycles. The number of ether oxygens (including phenoxy) is 1. The summed E-state index contributed by atoms with van der Waals surface area (Å²) in [7, 11) is 0. The Bertz CT molecular complexity index is 392. The Labute approximate surface area is 114 Å². The minimum Gasteiger partial charge on any atom is -0.477 e. The molecule has 2 rings (SSSR count). The molecule has 0 saturated carbocycles. The van der Waals surface area contributed by atoms with Crippen LogP contribution in [0.2, 0.25) is 0 Å². The summed E-state index contributed by atoms with van der Waals surface area (Å²) < 4.78 is 5.37. The van der Waals surface area contributed by atoms with Crippen molar-refractivity contribution in [3.8, 4) is 5.88 Å². The first-order valence-corrected chi connectivity index (χ1v) is 6.79. The van der Waals surface area contributed by atoms with Crippen LogP contribution in [0.1, 0.15) is 13.8 Å². The van der Waals surface area contributed by atoms with E-state index < -0.39 is 0 Å². The van der Waals surface area contributed by atoms with E-state index in [1.165, 1.54) is 0 Å². The van der Waals surface area contributed by atoms with Gasteiger partial charge in [-0.3, -0.25) is 9.88 Å². The average molecular weight is 266 g/mol. The van der Waals surface area contributed by atoms with E-state index >= 15 is 0 Å². The second kappa shape index (κ2) is 6.68. The fraction of sp³-hybridized carbons (Fsp3) is 0.692. The van der Waals surface area contributed by atoms with Crippen LogP contribution in [-0.4, -0.2) is 65.4 Å². The van der Waals surface area contributed by atoms with Crippen molar-refractivity contribution in [3.63, 3.8) is 0 Å². The van der Waals surface area contributed by atoms with Crippen molar-refractivity contribution in [2.45, 2.75) is 20.0 Å². The van der Waals surface area contributed by atoms with Gasteiger partial charge in [0.15, 0.2) is 5.82 Å². The van der Waals surface area contributed by atoms with Crippen molar-refractivity contribution in [1.29, 1.82) is 0 Å². The number of nitrogens with zero attached hydrogens (tertiary/aromatic N) is 4. The minimum absolute atomic E-state index is 0.271. The quantitative estimate of drug-likeness (QED) is 0.831. The lowest BCUT2D eigenvalue weighted by atomic mass is 10.3. The normalized spacial score (nSPS) is 18.4. The van der Waals surface area contributed by atoms with Gasteiger partial charge in [0, 0.05) is 32.7 Å². The van der Waals surface area contributed by atoms with Gasteiger partial charge in [0.25, 0.3) is 0 Å². The maximum absolute atomic E-state index is 9.39. The van der Waals surface area contributed by atoms with Crippen molar-refractivity contribution in [3.05, 3.63) is 12.4 Å². The molecule has 1 N–H and O–H groups in total. The lowest BCUT2D eigenvalue weighted by molar-refractivity contribution is 0.122. The van der Waals surface area contributed by atoms with Gasteiger partial charge < -0.3 is 14.7 Å². The zero-order chi connectivity index (χ0) is 13.7. The first-order chi connectivity index (χ1) is 9.19. The van der Waals surface area contributed by atoms with Crippen molar-refractivity contribution >= 4 is 5.82 Å². The van der Waals surface area contributed by atoms with E-state index in [0.717, 1.165) is 38.5 Å². The molecule has 0 bridgehead atoms. The molecule has 0 unspecified atom stereocenters. The summed E-state index contributed by atoms with van der Waals surface area (Å²) >= 11 is 0. The van der Waals surface area contributed by atoms with Gasteiger partial charge in [0.05, 0.1) is 25.1 Å². The molecule has 1 aromatic rings. The molecule has 0 radical (unpaired) electrons. The van der Waals surface area contributed by atoms with Crippen LogP contribution in [0.5, 0.6) is 5.88 Å². The number of piperazine rings is 1. The molecule has 106 valence electrons. The molecule has 6 heteroatoms. The van der Waals surface area contributed by atoms with Crippen molar-refractivity contribution in [2.75, 3.05) is 44.2 Å². The lowest BCUT2D eigenvalue weighted by Gasteiger charge is -2.35.